The minimum Gasteiger partial charge on any atom is -0.478 e. The van der Waals surface area contributed by atoms with Crippen LogP contribution in [0.4, 0.5) is 0 Å². The Morgan fingerprint density at radius 1 is 1.57 bits per heavy atom. The fourth-order valence-corrected chi connectivity index (χ4v) is 1.52. The van der Waals surface area contributed by atoms with Gasteiger partial charge in [-0.25, -0.2) is 13.2 Å². The number of aliphatic carboxylic acids is 1. The van der Waals surface area contributed by atoms with Crippen molar-refractivity contribution in [3.63, 3.8) is 0 Å². The number of dihydropyridines is 1. The van der Waals surface area contributed by atoms with Crippen LogP contribution in [0.5, 0.6) is 0 Å². The first kappa shape index (κ1) is 10.8. The van der Waals surface area contributed by atoms with Crippen molar-refractivity contribution in [2.24, 2.45) is 0 Å². The van der Waals surface area contributed by atoms with Crippen molar-refractivity contribution >= 4 is 15.8 Å². The van der Waals surface area contributed by atoms with Crippen LogP contribution in [0.25, 0.3) is 0 Å². The van der Waals surface area contributed by atoms with Crippen LogP contribution in [0.1, 0.15) is 6.92 Å². The molecule has 5 nitrogen and oxygen atoms in total. The van der Waals surface area contributed by atoms with Gasteiger partial charge in [0.15, 0.2) is 14.7 Å². The molecule has 14 heavy (non-hydrogen) atoms. The number of nitrogens with one attached hydrogen (secondary N) is 1. The van der Waals surface area contributed by atoms with Gasteiger partial charge >= 0.3 is 5.97 Å². The van der Waals surface area contributed by atoms with Gasteiger partial charge in [0.2, 0.25) is 0 Å². The summed E-state index contributed by atoms with van der Waals surface area (Å²) in [6.45, 7) is 1.47. The standard InChI is InChI=1S/C8H11NO4S/c1-8(14(2,12)13)4-3-6(5-9-8)7(10)11/h3-5,9H,1-2H3,(H,10,11). The van der Waals surface area contributed by atoms with Crippen molar-refractivity contribution in [1.29, 1.82) is 0 Å². The highest BCUT2D eigenvalue weighted by molar-refractivity contribution is 7.92. The maximum atomic E-state index is 11.3. The van der Waals surface area contributed by atoms with Crippen molar-refractivity contribution in [1.82, 2.24) is 5.32 Å². The van der Waals surface area contributed by atoms with E-state index in [0.717, 1.165) is 6.26 Å². The van der Waals surface area contributed by atoms with Gasteiger partial charge in [0, 0.05) is 12.5 Å². The van der Waals surface area contributed by atoms with Crippen molar-refractivity contribution in [2.75, 3.05) is 6.26 Å². The first-order valence-electron chi connectivity index (χ1n) is 3.86. The SMILES string of the molecule is CC1(S(C)(=O)=O)C=CC(C(=O)O)=CN1. The van der Waals surface area contributed by atoms with Gasteiger partial charge in [-0.15, -0.1) is 0 Å². The van der Waals surface area contributed by atoms with Crippen LogP contribution in [-0.4, -0.2) is 30.6 Å². The molecule has 0 spiro atoms. The van der Waals surface area contributed by atoms with Crippen molar-refractivity contribution in [3.8, 4) is 0 Å². The van der Waals surface area contributed by atoms with Gasteiger partial charge < -0.3 is 10.4 Å². The van der Waals surface area contributed by atoms with Crippen molar-refractivity contribution in [3.05, 3.63) is 23.9 Å². The normalized spacial score (nSPS) is 26.6. The van der Waals surface area contributed by atoms with Crippen LogP contribution in [-0.2, 0) is 14.6 Å². The second-order valence-electron chi connectivity index (χ2n) is 3.26. The average Bonchev–Trinajstić information content (AvgIpc) is 2.03. The smallest absolute Gasteiger partial charge is 0.337 e. The fraction of sp³-hybridized carbons (Fsp3) is 0.375. The largest absolute Gasteiger partial charge is 0.478 e. The predicted molar refractivity (Wildman–Crippen MR) is 51.2 cm³/mol. The number of hydrogen-bond acceptors (Lipinski definition) is 4. The molecule has 0 bridgehead atoms. The second-order valence-corrected chi connectivity index (χ2v) is 5.65. The summed E-state index contributed by atoms with van der Waals surface area (Å²) in [5.41, 5.74) is 0.0334. The Morgan fingerprint density at radius 2 is 2.14 bits per heavy atom. The molecule has 0 aromatic carbocycles. The minimum atomic E-state index is -3.31. The van der Waals surface area contributed by atoms with Crippen LogP contribution in [0.15, 0.2) is 23.9 Å². The van der Waals surface area contributed by atoms with E-state index >= 15 is 0 Å². The van der Waals surface area contributed by atoms with E-state index in [4.69, 9.17) is 5.11 Å². The van der Waals surface area contributed by atoms with Gasteiger partial charge in [-0.3, -0.25) is 0 Å². The summed E-state index contributed by atoms with van der Waals surface area (Å²) in [5, 5.41) is 11.2. The third kappa shape index (κ3) is 1.79. The number of carboxylic acid groups (broad SMARTS) is 1. The Labute approximate surface area is 82.0 Å². The lowest BCUT2D eigenvalue weighted by Crippen LogP contribution is -2.46. The lowest BCUT2D eigenvalue weighted by molar-refractivity contribution is -0.132. The maximum Gasteiger partial charge on any atom is 0.337 e. The molecule has 0 amide bonds. The first-order chi connectivity index (χ1) is 6.26. The summed E-state index contributed by atoms with van der Waals surface area (Å²) in [7, 11) is -3.31. The number of hydrogen-bond donors (Lipinski definition) is 2. The van der Waals surface area contributed by atoms with Gasteiger partial charge in [0.1, 0.15) is 0 Å². The van der Waals surface area contributed by atoms with Gasteiger partial charge in [0.25, 0.3) is 0 Å². The van der Waals surface area contributed by atoms with Crippen LogP contribution < -0.4 is 5.32 Å². The number of carboxylic acids is 1. The molecule has 2 N–H and O–H groups in total. The zero-order chi connectivity index (χ0) is 11.0. The van der Waals surface area contributed by atoms with E-state index < -0.39 is 20.7 Å². The highest BCUT2D eigenvalue weighted by atomic mass is 32.2. The van der Waals surface area contributed by atoms with E-state index in [-0.39, 0.29) is 5.57 Å². The minimum absolute atomic E-state index is 0.0334. The topological polar surface area (TPSA) is 83.5 Å². The van der Waals surface area contributed by atoms with Gasteiger partial charge in [0.05, 0.1) is 5.57 Å². The molecule has 0 saturated carbocycles. The maximum absolute atomic E-state index is 11.3. The molecular formula is C8H11NO4S. The Balaban J connectivity index is 3.00. The molecule has 1 rings (SSSR count). The average molecular weight is 217 g/mol. The monoisotopic (exact) mass is 217 g/mol. The number of rotatable bonds is 2. The van der Waals surface area contributed by atoms with E-state index in [9.17, 15) is 13.2 Å². The molecule has 1 aliphatic heterocycles. The van der Waals surface area contributed by atoms with Gasteiger partial charge in [-0.05, 0) is 19.1 Å². The summed E-state index contributed by atoms with van der Waals surface area (Å²) in [6.07, 6.45) is 4.87. The van der Waals surface area contributed by atoms with E-state index in [1.165, 1.54) is 25.3 Å². The number of sulfone groups is 1. The highest BCUT2D eigenvalue weighted by Gasteiger charge is 2.33. The van der Waals surface area contributed by atoms with E-state index in [1.54, 1.807) is 0 Å². The second kappa shape index (κ2) is 3.13. The summed E-state index contributed by atoms with van der Waals surface area (Å²) >= 11 is 0. The quantitative estimate of drug-likeness (QED) is 0.673. The zero-order valence-corrected chi connectivity index (χ0v) is 8.63. The van der Waals surface area contributed by atoms with Crippen LogP contribution in [0.2, 0.25) is 0 Å². The Hall–Kier alpha value is -1.30. The van der Waals surface area contributed by atoms with Gasteiger partial charge in [-0.2, -0.15) is 0 Å². The fourth-order valence-electron chi connectivity index (χ4n) is 0.930. The summed E-state index contributed by atoms with van der Waals surface area (Å²) in [4.78, 5) is 9.29. The van der Waals surface area contributed by atoms with Gasteiger partial charge in [-0.1, -0.05) is 0 Å². The molecule has 1 unspecified atom stereocenters. The molecule has 0 aliphatic carbocycles. The van der Waals surface area contributed by atoms with E-state index in [2.05, 4.69) is 5.32 Å². The first-order valence-corrected chi connectivity index (χ1v) is 5.75. The van der Waals surface area contributed by atoms with Crippen LogP contribution in [0, 0.1) is 0 Å². The lowest BCUT2D eigenvalue weighted by Gasteiger charge is -2.27. The molecule has 0 radical (unpaired) electrons. The molecule has 0 fully saturated rings. The molecule has 6 heteroatoms. The molecule has 78 valence electrons. The third-order valence-corrected chi connectivity index (χ3v) is 3.91. The summed E-state index contributed by atoms with van der Waals surface area (Å²) < 4.78 is 22.6. The molecule has 1 atom stereocenters. The highest BCUT2D eigenvalue weighted by Crippen LogP contribution is 2.19. The Bertz CT molecular complexity index is 421. The molecule has 0 saturated heterocycles. The molecular weight excluding hydrogens is 206 g/mol. The molecule has 1 heterocycles. The molecule has 1 aliphatic rings. The van der Waals surface area contributed by atoms with Crippen LogP contribution in [0.3, 0.4) is 0 Å². The zero-order valence-electron chi connectivity index (χ0n) is 7.81. The number of carbonyl (C=O) groups is 1. The Kier molecular flexibility index (Phi) is 2.41. The Morgan fingerprint density at radius 3 is 2.43 bits per heavy atom. The predicted octanol–water partition coefficient (Wildman–Crippen LogP) is -0.125. The van der Waals surface area contributed by atoms with Crippen molar-refractivity contribution < 1.29 is 18.3 Å². The van der Waals surface area contributed by atoms with E-state index in [1.807, 2.05) is 0 Å². The van der Waals surface area contributed by atoms with Crippen molar-refractivity contribution in [2.45, 2.75) is 11.8 Å². The molecule has 0 aromatic heterocycles. The third-order valence-electron chi connectivity index (χ3n) is 2.11. The van der Waals surface area contributed by atoms with E-state index in [0.29, 0.717) is 0 Å². The summed E-state index contributed by atoms with van der Waals surface area (Å²) in [6, 6.07) is 0. The van der Waals surface area contributed by atoms with Crippen LogP contribution >= 0.6 is 0 Å². The molecule has 0 aromatic rings. The lowest BCUT2D eigenvalue weighted by atomic mass is 10.1. The summed E-state index contributed by atoms with van der Waals surface area (Å²) in [5.74, 6) is -1.09.